The Morgan fingerprint density at radius 3 is 2.76 bits per heavy atom. The number of thioether (sulfide) groups is 1. The first-order valence-corrected chi connectivity index (χ1v) is 6.57. The van der Waals surface area contributed by atoms with Gasteiger partial charge in [-0.3, -0.25) is 4.79 Å². The zero-order chi connectivity index (χ0) is 12.9. The van der Waals surface area contributed by atoms with E-state index in [0.29, 0.717) is 11.6 Å². The molecule has 0 atom stereocenters. The first-order chi connectivity index (χ1) is 7.93. The minimum atomic E-state index is -0.142. The average molecular weight is 253 g/mol. The van der Waals surface area contributed by atoms with Crippen molar-refractivity contribution in [3.8, 4) is 0 Å². The molecular formula is C12H19N3OS. The molecule has 17 heavy (non-hydrogen) atoms. The highest BCUT2D eigenvalue weighted by atomic mass is 32.2. The lowest BCUT2D eigenvalue weighted by Crippen LogP contribution is -2.43. The Balaban J connectivity index is 2.41. The molecule has 0 aliphatic carbocycles. The molecular weight excluding hydrogens is 234 g/mol. The number of amides is 1. The Morgan fingerprint density at radius 2 is 2.24 bits per heavy atom. The van der Waals surface area contributed by atoms with E-state index < -0.39 is 0 Å². The van der Waals surface area contributed by atoms with Crippen molar-refractivity contribution in [2.24, 2.45) is 0 Å². The minimum Gasteiger partial charge on any atom is -0.384 e. The molecule has 1 amide bonds. The van der Waals surface area contributed by atoms with Crippen LogP contribution in [0, 0.1) is 0 Å². The van der Waals surface area contributed by atoms with Gasteiger partial charge < -0.3 is 11.1 Å². The summed E-state index contributed by atoms with van der Waals surface area (Å²) in [6.45, 7) is 6.08. The third kappa shape index (κ3) is 5.08. The van der Waals surface area contributed by atoms with Crippen LogP contribution >= 0.6 is 11.8 Å². The van der Waals surface area contributed by atoms with Gasteiger partial charge in [0.15, 0.2) is 0 Å². The zero-order valence-corrected chi connectivity index (χ0v) is 11.3. The molecule has 0 fully saturated rings. The van der Waals surface area contributed by atoms with E-state index >= 15 is 0 Å². The number of carbonyl (C=O) groups excluding carboxylic acids is 1. The van der Waals surface area contributed by atoms with Gasteiger partial charge in [-0.25, -0.2) is 4.98 Å². The maximum atomic E-state index is 11.7. The monoisotopic (exact) mass is 253 g/mol. The van der Waals surface area contributed by atoms with Crippen LogP contribution in [0.25, 0.3) is 0 Å². The third-order valence-corrected chi connectivity index (χ3v) is 3.47. The quantitative estimate of drug-likeness (QED) is 0.788. The molecule has 1 aromatic rings. The van der Waals surface area contributed by atoms with E-state index in [2.05, 4.69) is 17.2 Å². The van der Waals surface area contributed by atoms with Gasteiger partial charge >= 0.3 is 0 Å². The number of nitrogens with one attached hydrogen (secondary N) is 1. The van der Waals surface area contributed by atoms with Crippen LogP contribution in [0.15, 0.2) is 23.2 Å². The number of hydrogen-bond acceptors (Lipinski definition) is 4. The number of nitrogens with zero attached hydrogens (tertiary/aromatic N) is 1. The van der Waals surface area contributed by atoms with Gasteiger partial charge in [-0.15, -0.1) is 11.8 Å². The van der Waals surface area contributed by atoms with Crippen LogP contribution in [0.4, 0.5) is 5.82 Å². The molecule has 4 nitrogen and oxygen atoms in total. The Hall–Kier alpha value is -1.23. The van der Waals surface area contributed by atoms with Crippen LogP contribution in [0.2, 0.25) is 0 Å². The summed E-state index contributed by atoms with van der Waals surface area (Å²) in [6, 6.07) is 3.60. The highest BCUT2D eigenvalue weighted by molar-refractivity contribution is 8.00. The fraction of sp³-hybridized carbons (Fsp3) is 0.500. The summed E-state index contributed by atoms with van der Waals surface area (Å²) in [5, 5.41) is 2.98. The van der Waals surface area contributed by atoms with Crippen molar-refractivity contribution in [3.05, 3.63) is 18.3 Å². The molecule has 0 aliphatic heterocycles. The Kier molecular flexibility index (Phi) is 4.81. The van der Waals surface area contributed by atoms with Gasteiger partial charge in [0.1, 0.15) is 5.82 Å². The molecule has 0 radical (unpaired) electrons. The largest absolute Gasteiger partial charge is 0.384 e. The summed E-state index contributed by atoms with van der Waals surface area (Å²) in [5.41, 5.74) is 5.34. The fourth-order valence-corrected chi connectivity index (χ4v) is 1.79. The number of carbonyl (C=O) groups is 1. The Morgan fingerprint density at radius 1 is 1.53 bits per heavy atom. The first kappa shape index (κ1) is 13.8. The van der Waals surface area contributed by atoms with Gasteiger partial charge in [-0.1, -0.05) is 6.92 Å². The molecule has 0 aliphatic rings. The number of nitrogen functional groups attached to an aromatic ring is 1. The molecule has 0 saturated heterocycles. The molecule has 1 heterocycles. The van der Waals surface area contributed by atoms with E-state index in [4.69, 9.17) is 5.73 Å². The molecule has 0 aromatic carbocycles. The minimum absolute atomic E-state index is 0.0404. The van der Waals surface area contributed by atoms with E-state index in [-0.39, 0.29) is 11.4 Å². The highest BCUT2D eigenvalue weighted by Crippen LogP contribution is 2.17. The second-order valence-electron chi connectivity index (χ2n) is 4.49. The van der Waals surface area contributed by atoms with E-state index in [0.717, 1.165) is 11.3 Å². The number of anilines is 1. The number of pyridine rings is 1. The zero-order valence-electron chi connectivity index (χ0n) is 10.5. The van der Waals surface area contributed by atoms with Crippen LogP contribution in [0.1, 0.15) is 27.2 Å². The standard InChI is InChI=1S/C12H19N3OS/c1-4-12(2,3)15-11(16)8-17-9-5-6-10(13)14-7-9/h5-7H,4,8H2,1-3H3,(H2,13,14)(H,15,16). The van der Waals surface area contributed by atoms with Gasteiger partial charge in [0.25, 0.3) is 0 Å². The van der Waals surface area contributed by atoms with Gasteiger partial charge in [-0.05, 0) is 32.4 Å². The van der Waals surface area contributed by atoms with Crippen LogP contribution in [0.3, 0.4) is 0 Å². The summed E-state index contributed by atoms with van der Waals surface area (Å²) in [6.07, 6.45) is 2.59. The van der Waals surface area contributed by atoms with Crippen LogP contribution in [-0.2, 0) is 4.79 Å². The van der Waals surface area contributed by atoms with Crippen molar-refractivity contribution in [2.75, 3.05) is 11.5 Å². The van der Waals surface area contributed by atoms with E-state index in [1.54, 1.807) is 12.3 Å². The molecule has 3 N–H and O–H groups in total. The van der Waals surface area contributed by atoms with E-state index in [1.807, 2.05) is 19.9 Å². The van der Waals surface area contributed by atoms with Crippen molar-refractivity contribution >= 4 is 23.5 Å². The molecule has 5 heteroatoms. The molecule has 0 saturated carbocycles. The summed E-state index contributed by atoms with van der Waals surface area (Å²) in [7, 11) is 0. The fourth-order valence-electron chi connectivity index (χ4n) is 1.13. The molecule has 1 aromatic heterocycles. The summed E-state index contributed by atoms with van der Waals surface area (Å²) in [4.78, 5) is 16.6. The molecule has 1 rings (SSSR count). The van der Waals surface area contributed by atoms with E-state index in [1.165, 1.54) is 11.8 Å². The van der Waals surface area contributed by atoms with Crippen LogP contribution in [-0.4, -0.2) is 22.2 Å². The normalized spacial score (nSPS) is 11.2. The van der Waals surface area contributed by atoms with Gasteiger partial charge in [-0.2, -0.15) is 0 Å². The molecule has 0 spiro atoms. The van der Waals surface area contributed by atoms with Gasteiger partial charge in [0.05, 0.1) is 5.75 Å². The lowest BCUT2D eigenvalue weighted by atomic mass is 10.0. The van der Waals surface area contributed by atoms with Crippen molar-refractivity contribution in [1.82, 2.24) is 10.3 Å². The average Bonchev–Trinajstić information content (AvgIpc) is 2.28. The number of hydrogen-bond donors (Lipinski definition) is 2. The predicted octanol–water partition coefficient (Wildman–Crippen LogP) is 2.06. The van der Waals surface area contributed by atoms with Crippen molar-refractivity contribution in [2.45, 2.75) is 37.6 Å². The Bertz CT molecular complexity index is 376. The number of aromatic nitrogens is 1. The first-order valence-electron chi connectivity index (χ1n) is 5.58. The lowest BCUT2D eigenvalue weighted by Gasteiger charge is -2.24. The molecule has 0 bridgehead atoms. The van der Waals surface area contributed by atoms with Crippen LogP contribution < -0.4 is 11.1 Å². The highest BCUT2D eigenvalue weighted by Gasteiger charge is 2.17. The summed E-state index contributed by atoms with van der Waals surface area (Å²) >= 11 is 1.46. The maximum absolute atomic E-state index is 11.7. The van der Waals surface area contributed by atoms with Gasteiger partial charge in [0, 0.05) is 16.6 Å². The maximum Gasteiger partial charge on any atom is 0.230 e. The number of rotatable bonds is 5. The number of nitrogens with two attached hydrogens (primary N) is 1. The SMILES string of the molecule is CCC(C)(C)NC(=O)CSc1ccc(N)nc1. The van der Waals surface area contributed by atoms with Crippen molar-refractivity contribution < 1.29 is 4.79 Å². The second kappa shape index (κ2) is 5.91. The topological polar surface area (TPSA) is 68.0 Å². The lowest BCUT2D eigenvalue weighted by molar-refractivity contribution is -0.120. The summed E-state index contributed by atoms with van der Waals surface area (Å²) < 4.78 is 0. The van der Waals surface area contributed by atoms with Crippen molar-refractivity contribution in [3.63, 3.8) is 0 Å². The van der Waals surface area contributed by atoms with Crippen molar-refractivity contribution in [1.29, 1.82) is 0 Å². The molecule has 94 valence electrons. The van der Waals surface area contributed by atoms with Crippen LogP contribution in [0.5, 0.6) is 0 Å². The van der Waals surface area contributed by atoms with E-state index in [9.17, 15) is 4.79 Å². The third-order valence-electron chi connectivity index (χ3n) is 2.49. The Labute approximate surface area is 106 Å². The smallest absolute Gasteiger partial charge is 0.230 e. The predicted molar refractivity (Wildman–Crippen MR) is 71.9 cm³/mol. The molecule has 0 unspecified atom stereocenters. The second-order valence-corrected chi connectivity index (χ2v) is 5.54. The van der Waals surface area contributed by atoms with Gasteiger partial charge in [0.2, 0.25) is 5.91 Å². The summed E-state index contributed by atoms with van der Waals surface area (Å²) in [5.74, 6) is 0.930.